The summed E-state index contributed by atoms with van der Waals surface area (Å²) >= 11 is 19.5. The summed E-state index contributed by atoms with van der Waals surface area (Å²) in [4.78, 5) is 15.9. The second kappa shape index (κ2) is 10.3. The first-order chi connectivity index (χ1) is 18.4. The van der Waals surface area contributed by atoms with Crippen molar-refractivity contribution in [2.45, 2.75) is 43.6 Å². The van der Waals surface area contributed by atoms with Crippen LogP contribution >= 0.6 is 34.8 Å². The fourth-order valence-electron chi connectivity index (χ4n) is 4.94. The van der Waals surface area contributed by atoms with Gasteiger partial charge in [-0.2, -0.15) is 0 Å². The summed E-state index contributed by atoms with van der Waals surface area (Å²) < 4.78 is 16.7. The van der Waals surface area contributed by atoms with Crippen molar-refractivity contribution >= 4 is 40.8 Å². The average Bonchev–Trinajstić information content (AvgIpc) is 3.85. The van der Waals surface area contributed by atoms with Crippen molar-refractivity contribution in [3.05, 3.63) is 97.9 Å². The van der Waals surface area contributed by atoms with E-state index in [0.717, 1.165) is 41.7 Å². The maximum absolute atomic E-state index is 11.9. The van der Waals surface area contributed by atoms with E-state index in [1.165, 1.54) is 19.5 Å². The van der Waals surface area contributed by atoms with Crippen LogP contribution in [0.3, 0.4) is 0 Å². The highest BCUT2D eigenvalue weighted by Crippen LogP contribution is 2.56. The summed E-state index contributed by atoms with van der Waals surface area (Å²) in [6.07, 6.45) is 6.13. The van der Waals surface area contributed by atoms with Gasteiger partial charge in [0.2, 0.25) is 0 Å². The number of halogens is 3. The van der Waals surface area contributed by atoms with Crippen LogP contribution in [0.4, 0.5) is 0 Å². The number of carbonyl (C=O) groups excluding carboxylic acids is 1. The molecule has 0 N–H and O–H groups in total. The highest BCUT2D eigenvalue weighted by Gasteiger charge is 2.41. The molecule has 0 bridgehead atoms. The van der Waals surface area contributed by atoms with E-state index in [4.69, 9.17) is 48.8 Å². The van der Waals surface area contributed by atoms with E-state index in [9.17, 15) is 4.79 Å². The monoisotopic (exact) mass is 568 g/mol. The summed E-state index contributed by atoms with van der Waals surface area (Å²) in [5.74, 6) is 2.03. The van der Waals surface area contributed by atoms with Crippen LogP contribution in [0.5, 0.6) is 5.75 Å². The standard InChI is InChI=1S/C29H23Cl3N2O4/c1-36-29(35)17-4-2-3-16(9-17)20-11-21(20)19-8-7-18(10-23(19)30)37-14-22-27(34-38-28(22)15-5-6-15)26-24(31)12-33-13-25(26)32/h2-4,7-10,12-13,15,20-21H,5-6,11,14H2,1H3. The van der Waals surface area contributed by atoms with Crippen molar-refractivity contribution < 1.29 is 18.8 Å². The van der Waals surface area contributed by atoms with Crippen LogP contribution in [0.15, 0.2) is 59.4 Å². The molecule has 0 spiro atoms. The van der Waals surface area contributed by atoms with Gasteiger partial charge in [0, 0.05) is 28.9 Å². The van der Waals surface area contributed by atoms with Crippen LogP contribution in [-0.2, 0) is 11.3 Å². The van der Waals surface area contributed by atoms with Crippen molar-refractivity contribution in [2.24, 2.45) is 0 Å². The molecule has 4 aromatic rings. The molecule has 2 aliphatic rings. The zero-order valence-electron chi connectivity index (χ0n) is 20.4. The number of nitrogens with zero attached hydrogens (tertiary/aromatic N) is 2. The lowest BCUT2D eigenvalue weighted by atomic mass is 10.0. The molecule has 38 heavy (non-hydrogen) atoms. The lowest BCUT2D eigenvalue weighted by molar-refractivity contribution is 0.0600. The minimum Gasteiger partial charge on any atom is -0.489 e. The van der Waals surface area contributed by atoms with Crippen molar-refractivity contribution in [2.75, 3.05) is 7.11 Å². The van der Waals surface area contributed by atoms with Gasteiger partial charge >= 0.3 is 5.97 Å². The molecule has 2 atom stereocenters. The minimum absolute atomic E-state index is 0.238. The van der Waals surface area contributed by atoms with Gasteiger partial charge < -0.3 is 14.0 Å². The summed E-state index contributed by atoms with van der Waals surface area (Å²) in [5.41, 5.74) is 4.71. The molecule has 6 nitrogen and oxygen atoms in total. The number of hydrogen-bond acceptors (Lipinski definition) is 6. The number of ether oxygens (including phenoxy) is 2. The van der Waals surface area contributed by atoms with E-state index in [0.29, 0.717) is 49.5 Å². The van der Waals surface area contributed by atoms with Gasteiger partial charge in [-0.15, -0.1) is 0 Å². The Morgan fingerprint density at radius 2 is 1.82 bits per heavy atom. The molecule has 0 aliphatic heterocycles. The fourth-order valence-corrected chi connectivity index (χ4v) is 5.79. The summed E-state index contributed by atoms with van der Waals surface area (Å²) in [5, 5.41) is 5.74. The highest BCUT2D eigenvalue weighted by atomic mass is 35.5. The molecule has 2 aromatic carbocycles. The van der Waals surface area contributed by atoms with Gasteiger partial charge in [0.25, 0.3) is 0 Å². The van der Waals surface area contributed by atoms with Crippen molar-refractivity contribution in [3.63, 3.8) is 0 Å². The van der Waals surface area contributed by atoms with Gasteiger partial charge in [-0.05, 0) is 66.5 Å². The molecule has 6 rings (SSSR count). The number of hydrogen-bond donors (Lipinski definition) is 0. The predicted octanol–water partition coefficient (Wildman–Crippen LogP) is 8.21. The average molecular weight is 570 g/mol. The van der Waals surface area contributed by atoms with Gasteiger partial charge in [-0.3, -0.25) is 4.98 Å². The number of rotatable bonds is 8. The molecule has 0 saturated heterocycles. The summed E-state index contributed by atoms with van der Waals surface area (Å²) in [7, 11) is 1.39. The number of pyridine rings is 1. The molecule has 2 aliphatic carbocycles. The van der Waals surface area contributed by atoms with Gasteiger partial charge in [0.15, 0.2) is 0 Å². The highest BCUT2D eigenvalue weighted by molar-refractivity contribution is 6.38. The Kier molecular flexibility index (Phi) is 6.81. The Hall–Kier alpha value is -3.06. The molecular weight excluding hydrogens is 547 g/mol. The molecule has 2 saturated carbocycles. The molecule has 2 aromatic heterocycles. The third-order valence-corrected chi connectivity index (χ3v) is 8.04. The Balaban J connectivity index is 1.20. The van der Waals surface area contributed by atoms with E-state index in [1.54, 1.807) is 6.07 Å². The number of aromatic nitrogens is 2. The molecule has 2 unspecified atom stereocenters. The zero-order valence-corrected chi connectivity index (χ0v) is 22.7. The largest absolute Gasteiger partial charge is 0.489 e. The number of esters is 1. The number of methoxy groups -OCH3 is 1. The maximum atomic E-state index is 11.9. The minimum atomic E-state index is -0.335. The Labute approximate surface area is 234 Å². The topological polar surface area (TPSA) is 74.5 Å². The van der Waals surface area contributed by atoms with Crippen LogP contribution in [0.1, 0.15) is 69.8 Å². The van der Waals surface area contributed by atoms with Gasteiger partial charge in [0.05, 0.1) is 28.3 Å². The molecule has 0 radical (unpaired) electrons. The lowest BCUT2D eigenvalue weighted by Gasteiger charge is -2.11. The third kappa shape index (κ3) is 4.89. The van der Waals surface area contributed by atoms with Crippen LogP contribution in [0.25, 0.3) is 11.3 Å². The first kappa shape index (κ1) is 25.2. The predicted molar refractivity (Wildman–Crippen MR) is 145 cm³/mol. The Morgan fingerprint density at radius 1 is 1.03 bits per heavy atom. The van der Waals surface area contributed by atoms with Crippen molar-refractivity contribution in [1.82, 2.24) is 10.1 Å². The second-order valence-corrected chi connectivity index (χ2v) is 10.9. The van der Waals surface area contributed by atoms with E-state index in [-0.39, 0.29) is 18.5 Å². The Morgan fingerprint density at radius 3 is 2.53 bits per heavy atom. The quantitative estimate of drug-likeness (QED) is 0.199. The molecule has 2 heterocycles. The smallest absolute Gasteiger partial charge is 0.337 e. The molecular formula is C29H23Cl3N2O4. The van der Waals surface area contributed by atoms with Crippen LogP contribution < -0.4 is 4.74 Å². The van der Waals surface area contributed by atoms with Crippen LogP contribution in [0, 0.1) is 0 Å². The summed E-state index contributed by atoms with van der Waals surface area (Å²) in [6, 6.07) is 13.4. The number of benzene rings is 2. The van der Waals surface area contributed by atoms with Gasteiger partial charge in [-0.1, -0.05) is 58.2 Å². The van der Waals surface area contributed by atoms with E-state index in [1.807, 2.05) is 36.4 Å². The van der Waals surface area contributed by atoms with E-state index in [2.05, 4.69) is 10.1 Å². The fraction of sp³-hybridized carbons (Fsp3) is 0.276. The van der Waals surface area contributed by atoms with Crippen molar-refractivity contribution in [1.29, 1.82) is 0 Å². The number of carbonyl (C=O) groups is 1. The SMILES string of the molecule is COC(=O)c1cccc(C2CC2c2ccc(OCc3c(-c4c(Cl)cncc4Cl)noc3C3CC3)cc2Cl)c1. The lowest BCUT2D eigenvalue weighted by Crippen LogP contribution is -2.01. The van der Waals surface area contributed by atoms with Gasteiger partial charge in [-0.25, -0.2) is 4.79 Å². The third-order valence-electron chi connectivity index (χ3n) is 7.14. The molecule has 194 valence electrons. The second-order valence-electron chi connectivity index (χ2n) is 9.66. The first-order valence-electron chi connectivity index (χ1n) is 12.3. The molecule has 9 heteroatoms. The molecule has 2 fully saturated rings. The molecule has 0 amide bonds. The van der Waals surface area contributed by atoms with E-state index >= 15 is 0 Å². The Bertz CT molecular complexity index is 1510. The van der Waals surface area contributed by atoms with E-state index < -0.39 is 0 Å². The summed E-state index contributed by atoms with van der Waals surface area (Å²) in [6.45, 7) is 0.238. The van der Waals surface area contributed by atoms with Crippen molar-refractivity contribution in [3.8, 4) is 17.0 Å². The van der Waals surface area contributed by atoms with Crippen LogP contribution in [0.2, 0.25) is 15.1 Å². The van der Waals surface area contributed by atoms with Crippen LogP contribution in [-0.4, -0.2) is 23.2 Å². The zero-order chi connectivity index (χ0) is 26.4. The van der Waals surface area contributed by atoms with Gasteiger partial charge in [0.1, 0.15) is 23.8 Å². The first-order valence-corrected chi connectivity index (χ1v) is 13.5. The normalized spacial score (nSPS) is 18.3. The maximum Gasteiger partial charge on any atom is 0.337 e.